The predicted octanol–water partition coefficient (Wildman–Crippen LogP) is 3.74. The maximum absolute atomic E-state index is 13.9. The largest absolute Gasteiger partial charge is 0.379 e. The molecule has 2 fully saturated rings. The summed E-state index contributed by atoms with van der Waals surface area (Å²) in [6.45, 7) is 11.1. The topological polar surface area (TPSA) is 114 Å². The summed E-state index contributed by atoms with van der Waals surface area (Å²) in [6, 6.07) is 9.23. The molecule has 3 rings (SSSR count). The molecule has 1 saturated carbocycles. The molecule has 7 atom stereocenters. The van der Waals surface area contributed by atoms with Crippen molar-refractivity contribution in [1.82, 2.24) is 15.1 Å². The van der Waals surface area contributed by atoms with E-state index in [1.807, 2.05) is 43.9 Å². The van der Waals surface area contributed by atoms with Crippen molar-refractivity contribution < 1.29 is 23.9 Å². The smallest absolute Gasteiger partial charge is 0.239 e. The molecule has 7 unspecified atom stereocenters. The number of hydrogen-bond acceptors (Lipinski definition) is 6. The summed E-state index contributed by atoms with van der Waals surface area (Å²) in [6.07, 6.45) is 3.76. The molecule has 1 aromatic rings. The van der Waals surface area contributed by atoms with Crippen molar-refractivity contribution in [3.8, 4) is 0 Å². The minimum atomic E-state index is -0.620. The van der Waals surface area contributed by atoms with Crippen molar-refractivity contribution in [3.05, 3.63) is 35.9 Å². The number of likely N-dealkylation sites (tertiary alicyclic amines) is 1. The molecule has 0 spiro atoms. The Bertz CT molecular complexity index is 1060. The van der Waals surface area contributed by atoms with Gasteiger partial charge in [-0.3, -0.25) is 14.4 Å². The van der Waals surface area contributed by atoms with E-state index in [4.69, 9.17) is 15.2 Å². The van der Waals surface area contributed by atoms with Crippen LogP contribution in [-0.4, -0.2) is 92.2 Å². The van der Waals surface area contributed by atoms with Gasteiger partial charge in [-0.05, 0) is 43.1 Å². The molecular weight excluding hydrogens is 544 g/mol. The fraction of sp³-hybridized carbons (Fsp3) is 0.735. The van der Waals surface area contributed by atoms with Gasteiger partial charge in [-0.15, -0.1) is 0 Å². The molecule has 3 amide bonds. The summed E-state index contributed by atoms with van der Waals surface area (Å²) in [5, 5.41) is 3.19. The van der Waals surface area contributed by atoms with Crippen molar-refractivity contribution in [3.63, 3.8) is 0 Å². The molecule has 1 saturated heterocycles. The first-order valence-corrected chi connectivity index (χ1v) is 16.1. The van der Waals surface area contributed by atoms with Gasteiger partial charge in [0, 0.05) is 39.8 Å². The van der Waals surface area contributed by atoms with Crippen molar-refractivity contribution in [2.45, 2.75) is 109 Å². The van der Waals surface area contributed by atoms with Crippen LogP contribution in [0.1, 0.15) is 78.7 Å². The highest BCUT2D eigenvalue weighted by atomic mass is 16.5. The standard InChI is InChI=1S/C34H56N4O5/c1-9-23(4)30(37(6)33(41)29(35)22(2)3)27(42-7)20-28(39)38-19-13-16-26(38)31(43-8)24(5)32(40)36-21-34(17-18-34)25-14-11-10-12-15-25/h10-12,14-15,22-24,26-27,29-31H,9,13,16-21,35H2,1-8H3,(H,36,40). The van der Waals surface area contributed by atoms with Crippen LogP contribution < -0.4 is 11.1 Å². The molecule has 1 aliphatic carbocycles. The number of nitrogens with one attached hydrogen (secondary N) is 1. The van der Waals surface area contributed by atoms with E-state index in [-0.39, 0.29) is 53.5 Å². The van der Waals surface area contributed by atoms with Gasteiger partial charge >= 0.3 is 0 Å². The molecule has 1 aliphatic heterocycles. The third-order valence-electron chi connectivity index (χ3n) is 10.1. The summed E-state index contributed by atoms with van der Waals surface area (Å²) >= 11 is 0. The van der Waals surface area contributed by atoms with Crippen molar-refractivity contribution >= 4 is 17.7 Å². The zero-order valence-electron chi connectivity index (χ0n) is 27.7. The first-order chi connectivity index (χ1) is 20.4. The molecule has 1 aromatic carbocycles. The second-order valence-electron chi connectivity index (χ2n) is 13.2. The average molecular weight is 601 g/mol. The average Bonchev–Trinajstić information content (AvgIpc) is 3.66. The van der Waals surface area contributed by atoms with Gasteiger partial charge in [0.25, 0.3) is 0 Å². The predicted molar refractivity (Wildman–Crippen MR) is 169 cm³/mol. The number of carbonyl (C=O) groups excluding carboxylic acids is 3. The van der Waals surface area contributed by atoms with Crippen LogP contribution in [0, 0.1) is 17.8 Å². The normalized spacial score (nSPS) is 21.9. The zero-order valence-corrected chi connectivity index (χ0v) is 27.7. The van der Waals surface area contributed by atoms with Crippen LogP contribution in [0.15, 0.2) is 30.3 Å². The van der Waals surface area contributed by atoms with E-state index in [2.05, 4.69) is 31.3 Å². The number of likely N-dealkylation sites (N-methyl/N-ethyl adjacent to an activating group) is 1. The zero-order chi connectivity index (χ0) is 31.9. The molecule has 9 heteroatoms. The molecule has 43 heavy (non-hydrogen) atoms. The van der Waals surface area contributed by atoms with Gasteiger partial charge in [-0.2, -0.15) is 0 Å². The first kappa shape index (κ1) is 35.0. The number of rotatable bonds is 16. The molecule has 1 heterocycles. The number of carbonyl (C=O) groups is 3. The van der Waals surface area contributed by atoms with Crippen LogP contribution in [0.4, 0.5) is 0 Å². The lowest BCUT2D eigenvalue weighted by Gasteiger charge is -2.40. The molecule has 242 valence electrons. The molecule has 0 bridgehead atoms. The van der Waals surface area contributed by atoms with E-state index in [1.165, 1.54) is 5.56 Å². The number of benzene rings is 1. The van der Waals surface area contributed by atoms with Crippen LogP contribution in [0.3, 0.4) is 0 Å². The Balaban J connectivity index is 1.69. The van der Waals surface area contributed by atoms with Crippen LogP contribution in [-0.2, 0) is 29.3 Å². The second-order valence-corrected chi connectivity index (χ2v) is 13.2. The number of nitrogens with two attached hydrogens (primary N) is 1. The summed E-state index contributed by atoms with van der Waals surface area (Å²) in [7, 11) is 4.99. The molecular formula is C34H56N4O5. The summed E-state index contributed by atoms with van der Waals surface area (Å²) < 4.78 is 11.8. The van der Waals surface area contributed by atoms with Crippen molar-refractivity contribution in [1.29, 1.82) is 0 Å². The lowest BCUT2D eigenvalue weighted by Crippen LogP contribution is -2.56. The quantitative estimate of drug-likeness (QED) is 0.299. The summed E-state index contributed by atoms with van der Waals surface area (Å²) in [5.74, 6) is -0.579. The van der Waals surface area contributed by atoms with Crippen LogP contribution in [0.25, 0.3) is 0 Å². The van der Waals surface area contributed by atoms with E-state index in [9.17, 15) is 14.4 Å². The van der Waals surface area contributed by atoms with E-state index in [0.29, 0.717) is 13.1 Å². The number of nitrogens with zero attached hydrogens (tertiary/aromatic N) is 2. The Morgan fingerprint density at radius 1 is 1.09 bits per heavy atom. The highest BCUT2D eigenvalue weighted by Gasteiger charge is 2.46. The third-order valence-corrected chi connectivity index (χ3v) is 10.1. The van der Waals surface area contributed by atoms with E-state index < -0.39 is 24.2 Å². The third kappa shape index (κ3) is 8.17. The maximum Gasteiger partial charge on any atom is 0.239 e. The number of amides is 3. The number of ether oxygens (including phenoxy) is 2. The summed E-state index contributed by atoms with van der Waals surface area (Å²) in [5.41, 5.74) is 7.51. The van der Waals surface area contributed by atoms with Gasteiger partial charge in [0.2, 0.25) is 17.7 Å². The fourth-order valence-corrected chi connectivity index (χ4v) is 6.75. The minimum absolute atomic E-state index is 0.00108. The molecule has 3 N–H and O–H groups in total. The Hall–Kier alpha value is -2.49. The van der Waals surface area contributed by atoms with Crippen molar-refractivity contribution in [2.75, 3.05) is 34.4 Å². The molecule has 0 aromatic heterocycles. The number of methoxy groups -OCH3 is 2. The monoisotopic (exact) mass is 600 g/mol. The Kier molecular flexibility index (Phi) is 12.6. The van der Waals surface area contributed by atoms with Gasteiger partial charge in [0.05, 0.1) is 42.7 Å². The Morgan fingerprint density at radius 3 is 2.28 bits per heavy atom. The van der Waals surface area contributed by atoms with Crippen LogP contribution in [0.5, 0.6) is 0 Å². The Morgan fingerprint density at radius 2 is 1.74 bits per heavy atom. The highest BCUT2D eigenvalue weighted by Crippen LogP contribution is 2.47. The van der Waals surface area contributed by atoms with Gasteiger partial charge < -0.3 is 30.3 Å². The lowest BCUT2D eigenvalue weighted by molar-refractivity contribution is -0.146. The van der Waals surface area contributed by atoms with Crippen LogP contribution >= 0.6 is 0 Å². The molecule has 9 nitrogen and oxygen atoms in total. The SMILES string of the molecule is CCC(C)C(C(CC(=O)N1CCCC1C(OC)C(C)C(=O)NCC1(c2ccccc2)CC1)OC)N(C)C(=O)C(N)C(C)C. The van der Waals surface area contributed by atoms with E-state index in [0.717, 1.165) is 32.1 Å². The molecule has 0 radical (unpaired) electrons. The minimum Gasteiger partial charge on any atom is -0.379 e. The van der Waals surface area contributed by atoms with Crippen LogP contribution in [0.2, 0.25) is 0 Å². The fourth-order valence-electron chi connectivity index (χ4n) is 6.75. The maximum atomic E-state index is 13.9. The highest BCUT2D eigenvalue weighted by molar-refractivity contribution is 5.83. The van der Waals surface area contributed by atoms with E-state index >= 15 is 0 Å². The van der Waals surface area contributed by atoms with Crippen molar-refractivity contribution in [2.24, 2.45) is 23.5 Å². The van der Waals surface area contributed by atoms with Gasteiger partial charge in [-0.25, -0.2) is 0 Å². The summed E-state index contributed by atoms with van der Waals surface area (Å²) in [4.78, 5) is 44.0. The van der Waals surface area contributed by atoms with Gasteiger partial charge in [0.15, 0.2) is 0 Å². The van der Waals surface area contributed by atoms with Gasteiger partial charge in [-0.1, -0.05) is 71.4 Å². The number of hydrogen-bond donors (Lipinski definition) is 2. The first-order valence-electron chi connectivity index (χ1n) is 16.1. The second kappa shape index (κ2) is 15.5. The Labute approximate surface area is 259 Å². The lowest BCUT2D eigenvalue weighted by atomic mass is 9.89. The van der Waals surface area contributed by atoms with E-state index in [1.54, 1.807) is 26.2 Å². The molecule has 2 aliphatic rings. The van der Waals surface area contributed by atoms with Gasteiger partial charge in [0.1, 0.15) is 0 Å².